The summed E-state index contributed by atoms with van der Waals surface area (Å²) in [7, 11) is 1.74. The minimum Gasteiger partial charge on any atom is -0.492 e. The Balaban J connectivity index is 1.55. The molecule has 6 nitrogen and oxygen atoms in total. The fourth-order valence-corrected chi connectivity index (χ4v) is 3.60. The van der Waals surface area contributed by atoms with Gasteiger partial charge in [0.25, 0.3) is 0 Å². The normalized spacial score (nSPS) is 17.7. The Morgan fingerprint density at radius 1 is 1.15 bits per heavy atom. The maximum atomic E-state index is 12.8. The van der Waals surface area contributed by atoms with E-state index in [1.54, 1.807) is 11.9 Å². The van der Waals surface area contributed by atoms with Crippen molar-refractivity contribution >= 4 is 23.3 Å². The van der Waals surface area contributed by atoms with Crippen LogP contribution in [-0.4, -0.2) is 37.0 Å². The number of hydrogen-bond donors (Lipinski definition) is 1. The van der Waals surface area contributed by atoms with Crippen LogP contribution in [0.2, 0.25) is 0 Å². The molecule has 2 aliphatic heterocycles. The summed E-state index contributed by atoms with van der Waals surface area (Å²) in [6.07, 6.45) is 0. The van der Waals surface area contributed by atoms with Gasteiger partial charge in [0.1, 0.15) is 12.3 Å². The molecule has 2 aromatic rings. The molecule has 6 heteroatoms. The maximum absolute atomic E-state index is 12.8. The van der Waals surface area contributed by atoms with E-state index < -0.39 is 0 Å². The summed E-state index contributed by atoms with van der Waals surface area (Å²) in [6, 6.07) is 13.1. The first kappa shape index (κ1) is 17.4. The smallest absolute Gasteiger partial charge is 0.322 e. The van der Waals surface area contributed by atoms with Crippen molar-refractivity contribution in [3.05, 3.63) is 53.6 Å². The van der Waals surface area contributed by atoms with Crippen LogP contribution in [0.25, 0.3) is 0 Å². The monoisotopic (exact) mass is 365 g/mol. The lowest BCUT2D eigenvalue weighted by Gasteiger charge is -2.21. The number of nitrogens with one attached hydrogen (secondary N) is 1. The summed E-state index contributed by atoms with van der Waals surface area (Å²) in [5.74, 6) is 0.684. The number of nitrogens with zero attached hydrogens (tertiary/aromatic N) is 2. The molecule has 0 saturated heterocycles. The highest BCUT2D eigenvalue weighted by molar-refractivity contribution is 5.99. The number of carbonyl (C=O) groups excluding carboxylic acids is 2. The lowest BCUT2D eigenvalue weighted by molar-refractivity contribution is -0.118. The summed E-state index contributed by atoms with van der Waals surface area (Å²) < 4.78 is 5.75. The number of ether oxygens (including phenoxy) is 1. The number of rotatable bonds is 1. The number of fused-ring (bicyclic) bond motifs is 2. The van der Waals surface area contributed by atoms with Gasteiger partial charge in [-0.25, -0.2) is 4.79 Å². The fraction of sp³-hybridized carbons (Fsp3) is 0.333. The quantitative estimate of drug-likeness (QED) is 0.843. The van der Waals surface area contributed by atoms with Crippen LogP contribution >= 0.6 is 0 Å². The Labute approximate surface area is 158 Å². The molecule has 2 aromatic carbocycles. The topological polar surface area (TPSA) is 61.9 Å². The third kappa shape index (κ3) is 3.12. The average Bonchev–Trinajstić information content (AvgIpc) is 2.87. The Bertz CT molecular complexity index is 923. The van der Waals surface area contributed by atoms with Crippen molar-refractivity contribution in [2.45, 2.75) is 25.8 Å². The van der Waals surface area contributed by atoms with Gasteiger partial charge in [0.2, 0.25) is 5.91 Å². The minimum absolute atomic E-state index is 0.0244. The zero-order chi connectivity index (χ0) is 19.2. The molecule has 0 bridgehead atoms. The molecule has 0 aliphatic carbocycles. The molecule has 0 aromatic heterocycles. The highest BCUT2D eigenvalue weighted by atomic mass is 16.5. The molecular weight excluding hydrogens is 342 g/mol. The molecule has 0 radical (unpaired) electrons. The van der Waals surface area contributed by atoms with E-state index in [9.17, 15) is 9.59 Å². The molecule has 27 heavy (non-hydrogen) atoms. The molecule has 140 valence electrons. The lowest BCUT2D eigenvalue weighted by atomic mass is 9.87. The zero-order valence-electron chi connectivity index (χ0n) is 15.8. The van der Waals surface area contributed by atoms with Gasteiger partial charge in [0, 0.05) is 35.5 Å². The molecule has 0 saturated carbocycles. The van der Waals surface area contributed by atoms with E-state index >= 15 is 0 Å². The summed E-state index contributed by atoms with van der Waals surface area (Å²) in [5.41, 5.74) is 3.56. The predicted molar refractivity (Wildman–Crippen MR) is 104 cm³/mol. The van der Waals surface area contributed by atoms with Crippen LogP contribution in [0, 0.1) is 0 Å². The molecule has 3 amide bonds. The number of hydrogen-bond acceptors (Lipinski definition) is 3. The van der Waals surface area contributed by atoms with Crippen LogP contribution in [0.4, 0.5) is 16.2 Å². The van der Waals surface area contributed by atoms with Gasteiger partial charge in [-0.3, -0.25) is 4.79 Å². The van der Waals surface area contributed by atoms with E-state index in [1.807, 2.05) is 42.5 Å². The van der Waals surface area contributed by atoms with Crippen molar-refractivity contribution in [2.75, 3.05) is 30.4 Å². The number of para-hydroxylation sites is 1. The first-order valence-corrected chi connectivity index (χ1v) is 9.03. The SMILES string of the molecule is CN1C(=O)CN(C(=O)Nc2ccc3c(c2)OCC3(C)C)Cc2ccccc21. The number of carbonyl (C=O) groups is 2. The van der Waals surface area contributed by atoms with Gasteiger partial charge < -0.3 is 19.9 Å². The fourth-order valence-electron chi connectivity index (χ4n) is 3.60. The Morgan fingerprint density at radius 3 is 2.74 bits per heavy atom. The van der Waals surface area contributed by atoms with Gasteiger partial charge in [-0.1, -0.05) is 38.1 Å². The van der Waals surface area contributed by atoms with E-state index in [0.29, 0.717) is 18.8 Å². The second kappa shape index (κ2) is 6.30. The number of benzene rings is 2. The van der Waals surface area contributed by atoms with Crippen molar-refractivity contribution in [1.82, 2.24) is 4.90 Å². The van der Waals surface area contributed by atoms with Crippen molar-refractivity contribution in [3.63, 3.8) is 0 Å². The second-order valence-electron chi connectivity index (χ2n) is 7.75. The Hall–Kier alpha value is -3.02. The van der Waals surface area contributed by atoms with Gasteiger partial charge in [-0.05, 0) is 17.7 Å². The van der Waals surface area contributed by atoms with E-state index in [0.717, 1.165) is 22.6 Å². The molecule has 0 fully saturated rings. The van der Waals surface area contributed by atoms with Crippen LogP contribution in [0.15, 0.2) is 42.5 Å². The van der Waals surface area contributed by atoms with Crippen LogP contribution in [-0.2, 0) is 16.8 Å². The first-order valence-electron chi connectivity index (χ1n) is 9.03. The molecule has 0 spiro atoms. The van der Waals surface area contributed by atoms with Crippen molar-refractivity contribution in [2.24, 2.45) is 0 Å². The van der Waals surface area contributed by atoms with E-state index in [4.69, 9.17) is 4.74 Å². The molecule has 2 heterocycles. The number of urea groups is 1. The highest BCUT2D eigenvalue weighted by Gasteiger charge is 2.32. The van der Waals surface area contributed by atoms with Crippen LogP contribution < -0.4 is 15.0 Å². The predicted octanol–water partition coefficient (Wildman–Crippen LogP) is 3.37. The molecule has 0 unspecified atom stereocenters. The van der Waals surface area contributed by atoms with Gasteiger partial charge in [-0.15, -0.1) is 0 Å². The van der Waals surface area contributed by atoms with Crippen LogP contribution in [0.5, 0.6) is 5.75 Å². The molecular formula is C21H23N3O3. The van der Waals surface area contributed by atoms with E-state index in [2.05, 4.69) is 19.2 Å². The van der Waals surface area contributed by atoms with E-state index in [-0.39, 0.29) is 23.9 Å². The van der Waals surface area contributed by atoms with Gasteiger partial charge >= 0.3 is 6.03 Å². The summed E-state index contributed by atoms with van der Waals surface area (Å²) in [4.78, 5) is 28.4. The van der Waals surface area contributed by atoms with Crippen molar-refractivity contribution in [1.29, 1.82) is 0 Å². The Morgan fingerprint density at radius 2 is 1.93 bits per heavy atom. The number of amides is 3. The third-order valence-electron chi connectivity index (χ3n) is 5.25. The molecule has 1 N–H and O–H groups in total. The molecule has 4 rings (SSSR count). The standard InChI is InChI=1S/C21H23N3O3/c1-21(2)13-27-18-10-15(8-9-16(18)21)22-20(26)24-11-14-6-4-5-7-17(14)23(3)19(25)12-24/h4-10H,11-13H2,1-3H3,(H,22,26). The molecule has 2 aliphatic rings. The van der Waals surface area contributed by atoms with Crippen molar-refractivity contribution < 1.29 is 14.3 Å². The highest BCUT2D eigenvalue weighted by Crippen LogP contribution is 2.39. The van der Waals surface area contributed by atoms with Crippen LogP contribution in [0.1, 0.15) is 25.0 Å². The summed E-state index contributed by atoms with van der Waals surface area (Å²) in [6.45, 7) is 5.31. The largest absolute Gasteiger partial charge is 0.492 e. The van der Waals surface area contributed by atoms with Gasteiger partial charge in [0.05, 0.1) is 13.2 Å². The van der Waals surface area contributed by atoms with Crippen LogP contribution in [0.3, 0.4) is 0 Å². The zero-order valence-corrected chi connectivity index (χ0v) is 15.8. The number of likely N-dealkylation sites (N-methyl/N-ethyl adjacent to an activating group) is 1. The van der Waals surface area contributed by atoms with Gasteiger partial charge in [-0.2, -0.15) is 0 Å². The van der Waals surface area contributed by atoms with Crippen molar-refractivity contribution in [3.8, 4) is 5.75 Å². The maximum Gasteiger partial charge on any atom is 0.322 e. The summed E-state index contributed by atoms with van der Waals surface area (Å²) in [5, 5.41) is 2.90. The second-order valence-corrected chi connectivity index (χ2v) is 7.75. The third-order valence-corrected chi connectivity index (χ3v) is 5.25. The Kier molecular flexibility index (Phi) is 4.06. The summed E-state index contributed by atoms with van der Waals surface area (Å²) >= 11 is 0. The van der Waals surface area contributed by atoms with E-state index in [1.165, 1.54) is 4.90 Å². The minimum atomic E-state index is -0.300. The number of anilines is 2. The first-order chi connectivity index (χ1) is 12.8. The molecule has 0 atom stereocenters. The lowest BCUT2D eigenvalue weighted by Crippen LogP contribution is -2.40. The van der Waals surface area contributed by atoms with Gasteiger partial charge in [0.15, 0.2) is 0 Å². The average molecular weight is 365 g/mol.